The van der Waals surface area contributed by atoms with Crippen LogP contribution in [-0.2, 0) is 4.79 Å². The Morgan fingerprint density at radius 1 is 1.12 bits per heavy atom. The topological polar surface area (TPSA) is 72.8 Å². The number of hydrogen-bond acceptors (Lipinski definition) is 4. The fourth-order valence-corrected chi connectivity index (χ4v) is 2.90. The molecule has 2 rings (SSSR count). The minimum absolute atomic E-state index is 0.0543. The summed E-state index contributed by atoms with van der Waals surface area (Å²) in [5.74, 6) is -1.56. The van der Waals surface area contributed by atoms with Gasteiger partial charge in [0.05, 0.1) is 4.47 Å². The fourth-order valence-electron chi connectivity index (χ4n) is 1.76. The molecule has 0 aliphatic carbocycles. The Hall–Kier alpha value is -1.57. The molecule has 0 bridgehead atoms. The number of benzene rings is 2. The summed E-state index contributed by atoms with van der Waals surface area (Å²) in [6.07, 6.45) is -0.951. The van der Waals surface area contributed by atoms with Crippen molar-refractivity contribution >= 4 is 55.4 Å². The van der Waals surface area contributed by atoms with E-state index in [-0.39, 0.29) is 11.3 Å². The second kappa shape index (κ2) is 8.00. The largest absolute Gasteiger partial charge is 0.478 e. The molecule has 1 atom stereocenters. The zero-order chi connectivity index (χ0) is 17.9. The van der Waals surface area contributed by atoms with Crippen LogP contribution >= 0.6 is 43.5 Å². The van der Waals surface area contributed by atoms with Gasteiger partial charge in [0.15, 0.2) is 6.10 Å². The first-order chi connectivity index (χ1) is 11.3. The number of carboxylic acid groups (broad SMARTS) is 1. The summed E-state index contributed by atoms with van der Waals surface area (Å²) < 4.78 is 11.8. The van der Waals surface area contributed by atoms with Gasteiger partial charge in [-0.05, 0) is 59.3 Å². The average Bonchev–Trinajstić information content (AvgIpc) is 2.51. The molecule has 0 spiro atoms. The van der Waals surface area contributed by atoms with Crippen molar-refractivity contribution in [2.45, 2.75) is 13.0 Å². The number of hydrogen-bond donors (Lipinski definition) is 1. The summed E-state index contributed by atoms with van der Waals surface area (Å²) in [4.78, 5) is 23.4. The number of carboxylic acids is 1. The molecule has 1 N–H and O–H groups in total. The number of carbonyl (C=O) groups excluding carboxylic acids is 1. The molecule has 126 valence electrons. The van der Waals surface area contributed by atoms with Gasteiger partial charge in [-0.15, -0.1) is 0 Å². The van der Waals surface area contributed by atoms with Gasteiger partial charge in [-0.25, -0.2) is 9.59 Å². The number of ether oxygens (including phenoxy) is 2. The van der Waals surface area contributed by atoms with Gasteiger partial charge in [0.25, 0.3) is 0 Å². The highest BCUT2D eigenvalue weighted by Gasteiger charge is 2.21. The summed E-state index contributed by atoms with van der Waals surface area (Å²) in [5.41, 5.74) is -0.127. The van der Waals surface area contributed by atoms with Gasteiger partial charge in [0.2, 0.25) is 0 Å². The maximum Gasteiger partial charge on any atom is 0.352 e. The van der Waals surface area contributed by atoms with Crippen LogP contribution in [0.3, 0.4) is 0 Å². The normalized spacial score (nSPS) is 11.7. The van der Waals surface area contributed by atoms with E-state index in [4.69, 9.17) is 21.1 Å². The zero-order valence-corrected chi connectivity index (χ0v) is 16.2. The van der Waals surface area contributed by atoms with Crippen LogP contribution in [0.15, 0.2) is 45.3 Å². The molecule has 8 heteroatoms. The lowest BCUT2D eigenvalue weighted by atomic mass is 10.2. The van der Waals surface area contributed by atoms with E-state index in [1.54, 1.807) is 24.3 Å². The standard InChI is InChI=1S/C16H11Br2ClO5/c1-8(23-14-5-3-10(19)7-12(14)18)16(22)24-13-4-2-9(17)6-11(13)15(20)21/h2-8H,1H3,(H,20,21). The SMILES string of the molecule is CC(Oc1ccc(Cl)cc1Br)C(=O)Oc1ccc(Br)cc1C(=O)O. The zero-order valence-electron chi connectivity index (χ0n) is 12.3. The molecular weight excluding hydrogens is 467 g/mol. The molecule has 24 heavy (non-hydrogen) atoms. The Kier molecular flexibility index (Phi) is 6.26. The van der Waals surface area contributed by atoms with E-state index in [0.29, 0.717) is 19.7 Å². The van der Waals surface area contributed by atoms with E-state index in [0.717, 1.165) is 0 Å². The first-order valence-corrected chi connectivity index (χ1v) is 8.60. The van der Waals surface area contributed by atoms with E-state index in [1.165, 1.54) is 19.1 Å². The summed E-state index contributed by atoms with van der Waals surface area (Å²) in [5, 5.41) is 9.70. The second-order valence-corrected chi connectivity index (χ2v) is 6.91. The summed E-state index contributed by atoms with van der Waals surface area (Å²) in [6, 6.07) is 9.20. The smallest absolute Gasteiger partial charge is 0.352 e. The molecule has 0 fully saturated rings. The van der Waals surface area contributed by atoms with Gasteiger partial charge in [-0.2, -0.15) is 0 Å². The average molecular weight is 479 g/mol. The summed E-state index contributed by atoms with van der Waals surface area (Å²) in [7, 11) is 0. The van der Waals surface area contributed by atoms with E-state index in [1.807, 2.05) is 0 Å². The Morgan fingerprint density at radius 2 is 1.79 bits per heavy atom. The van der Waals surface area contributed by atoms with Crippen LogP contribution in [0.25, 0.3) is 0 Å². The minimum atomic E-state index is -1.20. The van der Waals surface area contributed by atoms with Crippen LogP contribution in [0, 0.1) is 0 Å². The molecule has 1 unspecified atom stereocenters. The maximum atomic E-state index is 12.2. The van der Waals surface area contributed by atoms with E-state index in [9.17, 15) is 14.7 Å². The highest BCUT2D eigenvalue weighted by molar-refractivity contribution is 9.10. The summed E-state index contributed by atoms with van der Waals surface area (Å²) >= 11 is 12.3. The second-order valence-electron chi connectivity index (χ2n) is 4.70. The van der Waals surface area contributed by atoms with Crippen molar-refractivity contribution in [3.8, 4) is 11.5 Å². The predicted molar refractivity (Wildman–Crippen MR) is 96.0 cm³/mol. The quantitative estimate of drug-likeness (QED) is 0.487. The monoisotopic (exact) mass is 476 g/mol. The molecule has 2 aromatic carbocycles. The van der Waals surface area contributed by atoms with Gasteiger partial charge in [-0.3, -0.25) is 0 Å². The van der Waals surface area contributed by atoms with Gasteiger partial charge in [0.1, 0.15) is 17.1 Å². The van der Waals surface area contributed by atoms with Crippen LogP contribution in [0.1, 0.15) is 17.3 Å². The van der Waals surface area contributed by atoms with Gasteiger partial charge in [0, 0.05) is 9.50 Å². The molecule has 5 nitrogen and oxygen atoms in total. The number of esters is 1. The third kappa shape index (κ3) is 4.72. The highest BCUT2D eigenvalue weighted by Crippen LogP contribution is 2.29. The van der Waals surface area contributed by atoms with Gasteiger partial charge >= 0.3 is 11.9 Å². The molecule has 0 amide bonds. The van der Waals surface area contributed by atoms with Crippen molar-refractivity contribution in [3.05, 3.63) is 55.9 Å². The molecule has 0 aromatic heterocycles. The van der Waals surface area contributed by atoms with Crippen LogP contribution in [0.5, 0.6) is 11.5 Å². The van der Waals surface area contributed by atoms with Crippen molar-refractivity contribution in [2.75, 3.05) is 0 Å². The first kappa shape index (κ1) is 18.8. The first-order valence-electron chi connectivity index (χ1n) is 6.64. The Morgan fingerprint density at radius 3 is 2.42 bits per heavy atom. The van der Waals surface area contributed by atoms with E-state index >= 15 is 0 Å². The third-order valence-electron chi connectivity index (χ3n) is 2.91. The molecule has 0 aliphatic rings. The van der Waals surface area contributed by atoms with Crippen molar-refractivity contribution < 1.29 is 24.2 Å². The maximum absolute atomic E-state index is 12.2. The van der Waals surface area contributed by atoms with Crippen LogP contribution < -0.4 is 9.47 Å². The Bertz CT molecular complexity index is 794. The van der Waals surface area contributed by atoms with E-state index < -0.39 is 18.0 Å². The lowest BCUT2D eigenvalue weighted by molar-refractivity contribution is -0.141. The minimum Gasteiger partial charge on any atom is -0.478 e. The van der Waals surface area contributed by atoms with Crippen molar-refractivity contribution in [1.29, 1.82) is 0 Å². The van der Waals surface area contributed by atoms with Crippen molar-refractivity contribution in [3.63, 3.8) is 0 Å². The predicted octanol–water partition coefficient (Wildman–Crippen LogP) is 4.94. The van der Waals surface area contributed by atoms with Crippen LogP contribution in [0.2, 0.25) is 5.02 Å². The number of carbonyl (C=O) groups is 2. The Labute approximate surface area is 159 Å². The Balaban J connectivity index is 2.13. The number of halogens is 3. The molecule has 2 aromatic rings. The summed E-state index contributed by atoms with van der Waals surface area (Å²) in [6.45, 7) is 1.50. The molecule has 0 aliphatic heterocycles. The molecule has 0 saturated carbocycles. The van der Waals surface area contributed by atoms with Crippen molar-refractivity contribution in [2.24, 2.45) is 0 Å². The number of rotatable bonds is 5. The van der Waals surface area contributed by atoms with Gasteiger partial charge < -0.3 is 14.6 Å². The molecule has 0 saturated heterocycles. The molecular formula is C16H11Br2ClO5. The van der Waals surface area contributed by atoms with Gasteiger partial charge in [-0.1, -0.05) is 27.5 Å². The van der Waals surface area contributed by atoms with E-state index in [2.05, 4.69) is 31.9 Å². The number of aromatic carboxylic acids is 1. The third-order valence-corrected chi connectivity index (χ3v) is 4.26. The van der Waals surface area contributed by atoms with Crippen LogP contribution in [-0.4, -0.2) is 23.1 Å². The highest BCUT2D eigenvalue weighted by atomic mass is 79.9. The molecule has 0 heterocycles. The van der Waals surface area contributed by atoms with Crippen molar-refractivity contribution in [1.82, 2.24) is 0 Å². The lowest BCUT2D eigenvalue weighted by Crippen LogP contribution is -2.29. The lowest BCUT2D eigenvalue weighted by Gasteiger charge is -2.16. The van der Waals surface area contributed by atoms with Crippen LogP contribution in [0.4, 0.5) is 0 Å². The molecule has 0 radical (unpaired) electrons. The fraction of sp³-hybridized carbons (Fsp3) is 0.125.